The molecule has 0 aliphatic rings. The van der Waals surface area contributed by atoms with E-state index in [0.29, 0.717) is 12.8 Å². The van der Waals surface area contributed by atoms with Crippen molar-refractivity contribution in [2.24, 2.45) is 0 Å². The Hall–Kier alpha value is -3.15. The number of hydrogen-bond donors (Lipinski definition) is 2. The Morgan fingerprint density at radius 3 is 1.78 bits per heavy atom. The van der Waals surface area contributed by atoms with Gasteiger partial charge in [-0.25, -0.2) is 0 Å². The molecule has 0 aliphatic carbocycles. The van der Waals surface area contributed by atoms with Crippen molar-refractivity contribution in [1.82, 2.24) is 5.32 Å². The number of hydrogen-bond acceptors (Lipinski definition) is 4. The number of esters is 1. The molecule has 6 heteroatoms. The largest absolute Gasteiger partial charge is 0.480 e. The molecule has 1 amide bonds. The van der Waals surface area contributed by atoms with E-state index in [1.807, 2.05) is 0 Å². The van der Waals surface area contributed by atoms with E-state index in [1.165, 1.54) is 32.1 Å². The first kappa shape index (κ1) is 42.9. The van der Waals surface area contributed by atoms with Gasteiger partial charge in [-0.05, 0) is 83.1 Å². The standard InChI is InChI=1S/C40H65NO5/c1-3-5-7-9-11-13-14-15-16-17-18-19-20-21-23-25-31-35-40(45)46-37(32-28-24-22-12-10-8-6-4-2)33-29-26-27-30-34-38(42)41-36-39(43)44/h5,7,11,13,15-16,18-19,21,23,28,32,37H,3-4,6,8-10,12,14,17,20,22,24-27,29-31,33-36H2,1-2H3,(H,41,42)(H,43,44)/b7-5-,13-11-,16-15-,19-18-,23-21-,32-28-. The van der Waals surface area contributed by atoms with E-state index >= 15 is 0 Å². The molecule has 0 spiro atoms. The van der Waals surface area contributed by atoms with Crippen molar-refractivity contribution in [2.75, 3.05) is 6.54 Å². The molecule has 1 atom stereocenters. The van der Waals surface area contributed by atoms with Crippen LogP contribution in [-0.2, 0) is 19.1 Å². The molecule has 0 rings (SSSR count). The van der Waals surface area contributed by atoms with Crippen LogP contribution in [0.4, 0.5) is 0 Å². The van der Waals surface area contributed by atoms with E-state index in [4.69, 9.17) is 9.84 Å². The average molecular weight is 640 g/mol. The van der Waals surface area contributed by atoms with Crippen molar-refractivity contribution in [3.05, 3.63) is 72.9 Å². The third kappa shape index (κ3) is 33.7. The van der Waals surface area contributed by atoms with Gasteiger partial charge in [-0.3, -0.25) is 14.4 Å². The number of unbranched alkanes of at least 4 members (excludes halogenated alkanes) is 10. The number of nitrogens with one attached hydrogen (secondary N) is 1. The highest BCUT2D eigenvalue weighted by atomic mass is 16.5. The first-order valence-electron chi connectivity index (χ1n) is 18.1. The summed E-state index contributed by atoms with van der Waals surface area (Å²) in [6, 6.07) is 0. The number of allylic oxidation sites excluding steroid dienone is 11. The van der Waals surface area contributed by atoms with Crippen LogP contribution in [0, 0.1) is 0 Å². The summed E-state index contributed by atoms with van der Waals surface area (Å²) in [5.41, 5.74) is 0. The summed E-state index contributed by atoms with van der Waals surface area (Å²) < 4.78 is 5.84. The third-order valence-electron chi connectivity index (χ3n) is 7.35. The number of carboxylic acid groups (broad SMARTS) is 1. The van der Waals surface area contributed by atoms with Crippen LogP contribution >= 0.6 is 0 Å². The van der Waals surface area contributed by atoms with E-state index in [2.05, 4.69) is 92.1 Å². The van der Waals surface area contributed by atoms with Crippen molar-refractivity contribution in [3.8, 4) is 0 Å². The summed E-state index contributed by atoms with van der Waals surface area (Å²) in [6.07, 6.45) is 46.0. The summed E-state index contributed by atoms with van der Waals surface area (Å²) in [5.74, 6) is -1.40. The molecule has 0 aliphatic heterocycles. The molecule has 0 aromatic carbocycles. The van der Waals surface area contributed by atoms with Gasteiger partial charge in [-0.1, -0.05) is 126 Å². The van der Waals surface area contributed by atoms with Crippen LogP contribution in [0.5, 0.6) is 0 Å². The summed E-state index contributed by atoms with van der Waals surface area (Å²) in [6.45, 7) is 4.04. The quantitative estimate of drug-likeness (QED) is 0.0447. The lowest BCUT2D eigenvalue weighted by molar-refractivity contribution is -0.147. The van der Waals surface area contributed by atoms with Crippen LogP contribution in [0.15, 0.2) is 72.9 Å². The normalized spacial score (nSPS) is 12.9. The molecule has 2 N–H and O–H groups in total. The van der Waals surface area contributed by atoms with Gasteiger partial charge in [0.05, 0.1) is 0 Å². The van der Waals surface area contributed by atoms with Gasteiger partial charge in [0, 0.05) is 12.8 Å². The van der Waals surface area contributed by atoms with Gasteiger partial charge in [0.2, 0.25) is 5.91 Å². The van der Waals surface area contributed by atoms with Crippen molar-refractivity contribution in [3.63, 3.8) is 0 Å². The zero-order valence-corrected chi connectivity index (χ0v) is 29.1. The molecular weight excluding hydrogens is 574 g/mol. The van der Waals surface area contributed by atoms with E-state index in [1.54, 1.807) is 0 Å². The molecule has 46 heavy (non-hydrogen) atoms. The molecular formula is C40H65NO5. The SMILES string of the molecule is CC/C=C\C/C=C\C/C=C\C/C=C\C/C=C\CCCC(=O)OC(/C=C\CCCCCCCC)CCCCCCC(=O)NCC(=O)O. The topological polar surface area (TPSA) is 92.7 Å². The molecule has 6 nitrogen and oxygen atoms in total. The van der Waals surface area contributed by atoms with E-state index in [0.717, 1.165) is 89.9 Å². The Kier molecular flexibility index (Phi) is 32.3. The second kappa shape index (κ2) is 34.7. The van der Waals surface area contributed by atoms with Gasteiger partial charge in [0.25, 0.3) is 0 Å². The molecule has 0 heterocycles. The van der Waals surface area contributed by atoms with E-state index < -0.39 is 5.97 Å². The number of amides is 1. The fourth-order valence-corrected chi connectivity index (χ4v) is 4.69. The lowest BCUT2D eigenvalue weighted by Gasteiger charge is -2.14. The number of carbonyl (C=O) groups is 3. The van der Waals surface area contributed by atoms with E-state index in [9.17, 15) is 14.4 Å². The van der Waals surface area contributed by atoms with Crippen LogP contribution < -0.4 is 5.32 Å². The lowest BCUT2D eigenvalue weighted by atomic mass is 10.1. The smallest absolute Gasteiger partial charge is 0.322 e. The predicted molar refractivity (Wildman–Crippen MR) is 194 cm³/mol. The van der Waals surface area contributed by atoms with Crippen LogP contribution in [0.2, 0.25) is 0 Å². The number of aliphatic carboxylic acids is 1. The van der Waals surface area contributed by atoms with Gasteiger partial charge >= 0.3 is 11.9 Å². The molecule has 260 valence electrons. The molecule has 0 radical (unpaired) electrons. The maximum absolute atomic E-state index is 12.6. The molecule has 0 aromatic rings. The fourth-order valence-electron chi connectivity index (χ4n) is 4.69. The van der Waals surface area contributed by atoms with Crippen molar-refractivity contribution < 1.29 is 24.2 Å². The summed E-state index contributed by atoms with van der Waals surface area (Å²) in [5, 5.41) is 11.0. The number of carbonyl (C=O) groups excluding carboxylic acids is 2. The Morgan fingerprint density at radius 1 is 0.609 bits per heavy atom. The zero-order chi connectivity index (χ0) is 33.8. The van der Waals surface area contributed by atoms with Crippen molar-refractivity contribution in [2.45, 2.75) is 155 Å². The predicted octanol–water partition coefficient (Wildman–Crippen LogP) is 10.7. The van der Waals surface area contributed by atoms with Gasteiger partial charge < -0.3 is 15.2 Å². The van der Waals surface area contributed by atoms with E-state index in [-0.39, 0.29) is 24.5 Å². The molecule has 0 fully saturated rings. The molecule has 0 saturated carbocycles. The maximum Gasteiger partial charge on any atom is 0.322 e. The van der Waals surface area contributed by atoms with Crippen LogP contribution in [0.25, 0.3) is 0 Å². The zero-order valence-electron chi connectivity index (χ0n) is 29.1. The lowest BCUT2D eigenvalue weighted by Crippen LogP contribution is -2.28. The molecule has 0 aromatic heterocycles. The first-order valence-corrected chi connectivity index (χ1v) is 18.1. The molecule has 0 saturated heterocycles. The average Bonchev–Trinajstić information content (AvgIpc) is 3.04. The summed E-state index contributed by atoms with van der Waals surface area (Å²) in [4.78, 5) is 34.8. The van der Waals surface area contributed by atoms with Crippen LogP contribution in [0.3, 0.4) is 0 Å². The third-order valence-corrected chi connectivity index (χ3v) is 7.35. The highest BCUT2D eigenvalue weighted by Crippen LogP contribution is 2.14. The molecule has 1 unspecified atom stereocenters. The monoisotopic (exact) mass is 639 g/mol. The van der Waals surface area contributed by atoms with Gasteiger partial charge in [0.15, 0.2) is 0 Å². The highest BCUT2D eigenvalue weighted by molar-refractivity contribution is 5.80. The van der Waals surface area contributed by atoms with Gasteiger partial charge in [0.1, 0.15) is 12.6 Å². The van der Waals surface area contributed by atoms with Crippen LogP contribution in [0.1, 0.15) is 149 Å². The second-order valence-electron chi connectivity index (χ2n) is 11.7. The number of rotatable bonds is 31. The minimum Gasteiger partial charge on any atom is -0.480 e. The minimum atomic E-state index is -1.03. The number of carboxylic acids is 1. The van der Waals surface area contributed by atoms with Crippen LogP contribution in [-0.4, -0.2) is 35.6 Å². The summed E-state index contributed by atoms with van der Waals surface area (Å²) in [7, 11) is 0. The first-order chi connectivity index (χ1) is 22.5. The van der Waals surface area contributed by atoms with Crippen molar-refractivity contribution >= 4 is 17.8 Å². The minimum absolute atomic E-state index is 0.142. The van der Waals surface area contributed by atoms with Gasteiger partial charge in [-0.2, -0.15) is 0 Å². The Morgan fingerprint density at radius 2 is 1.15 bits per heavy atom. The Balaban J connectivity index is 4.30. The fraction of sp³-hybridized carbons (Fsp3) is 0.625. The van der Waals surface area contributed by atoms with Gasteiger partial charge in [-0.15, -0.1) is 0 Å². The maximum atomic E-state index is 12.6. The summed E-state index contributed by atoms with van der Waals surface area (Å²) >= 11 is 0. The van der Waals surface area contributed by atoms with Crippen molar-refractivity contribution in [1.29, 1.82) is 0 Å². The molecule has 0 bridgehead atoms. The highest BCUT2D eigenvalue weighted by Gasteiger charge is 2.11. The Labute approximate surface area is 281 Å². The Bertz CT molecular complexity index is 928. The second-order valence-corrected chi connectivity index (χ2v) is 11.7. The number of ether oxygens (including phenoxy) is 1.